The Balaban J connectivity index is 2.20. The molecule has 2 bridgehead atoms. The lowest BCUT2D eigenvalue weighted by Crippen LogP contribution is -2.02. The maximum atomic E-state index is 5.85. The van der Waals surface area contributed by atoms with Crippen LogP contribution in [0.15, 0.2) is 18.2 Å². The molecule has 13 heavy (non-hydrogen) atoms. The smallest absolute Gasteiger partial charge is 0.0858 e. The molecule has 2 heterocycles. The monoisotopic (exact) mass is 175 g/mol. The van der Waals surface area contributed by atoms with E-state index in [1.807, 2.05) is 7.05 Å². The van der Waals surface area contributed by atoms with Crippen molar-refractivity contribution in [1.82, 2.24) is 0 Å². The molecule has 0 aromatic heterocycles. The number of benzene rings is 1. The summed E-state index contributed by atoms with van der Waals surface area (Å²) < 4.78 is 5.85. The first kappa shape index (κ1) is 7.39. The zero-order valence-corrected chi connectivity index (χ0v) is 7.71. The van der Waals surface area contributed by atoms with E-state index in [-0.39, 0.29) is 0 Å². The number of anilines is 1. The second-order valence-corrected chi connectivity index (χ2v) is 3.75. The molecule has 0 amide bonds. The fourth-order valence-corrected chi connectivity index (χ4v) is 2.52. The zero-order valence-electron chi connectivity index (χ0n) is 7.71. The Morgan fingerprint density at radius 3 is 3.00 bits per heavy atom. The molecular formula is C11H13NO. The summed E-state index contributed by atoms with van der Waals surface area (Å²) in [5, 5.41) is 3.23. The van der Waals surface area contributed by atoms with Gasteiger partial charge >= 0.3 is 0 Å². The van der Waals surface area contributed by atoms with Crippen molar-refractivity contribution in [2.45, 2.75) is 25.0 Å². The first-order valence-corrected chi connectivity index (χ1v) is 4.86. The third-order valence-corrected chi connectivity index (χ3v) is 3.10. The maximum absolute atomic E-state index is 5.85. The molecule has 68 valence electrons. The van der Waals surface area contributed by atoms with Crippen LogP contribution < -0.4 is 5.32 Å². The first-order chi connectivity index (χ1) is 6.40. The summed E-state index contributed by atoms with van der Waals surface area (Å²) in [6.07, 6.45) is 3.14. The molecule has 3 rings (SSSR count). The summed E-state index contributed by atoms with van der Waals surface area (Å²) in [5.41, 5.74) is 4.05. The summed E-state index contributed by atoms with van der Waals surface area (Å²) in [7, 11) is 1.97. The summed E-state index contributed by atoms with van der Waals surface area (Å²) in [4.78, 5) is 0. The Hall–Kier alpha value is -1.02. The van der Waals surface area contributed by atoms with Crippen LogP contribution in [0.2, 0.25) is 0 Å². The Kier molecular flexibility index (Phi) is 1.41. The lowest BCUT2D eigenvalue weighted by Gasteiger charge is -2.15. The van der Waals surface area contributed by atoms with Gasteiger partial charge in [-0.05, 0) is 24.5 Å². The van der Waals surface area contributed by atoms with Crippen LogP contribution in [0.1, 0.15) is 36.2 Å². The molecule has 1 aromatic rings. The van der Waals surface area contributed by atoms with E-state index in [2.05, 4.69) is 23.5 Å². The number of fused-ring (bicyclic) bond motifs is 5. The largest absolute Gasteiger partial charge is 0.388 e. The van der Waals surface area contributed by atoms with Gasteiger partial charge in [0.1, 0.15) is 0 Å². The van der Waals surface area contributed by atoms with Gasteiger partial charge in [-0.15, -0.1) is 0 Å². The minimum Gasteiger partial charge on any atom is -0.388 e. The summed E-state index contributed by atoms with van der Waals surface area (Å²) in [6.45, 7) is 0. The van der Waals surface area contributed by atoms with Crippen molar-refractivity contribution < 1.29 is 4.74 Å². The van der Waals surface area contributed by atoms with E-state index < -0.39 is 0 Å². The Labute approximate surface area is 77.9 Å². The van der Waals surface area contributed by atoms with Gasteiger partial charge in [0.05, 0.1) is 12.2 Å². The predicted octanol–water partition coefficient (Wildman–Crippen LogP) is 2.63. The fourth-order valence-electron chi connectivity index (χ4n) is 2.52. The molecule has 1 saturated heterocycles. The number of rotatable bonds is 1. The van der Waals surface area contributed by atoms with Gasteiger partial charge in [0.25, 0.3) is 0 Å². The summed E-state index contributed by atoms with van der Waals surface area (Å²) in [6, 6.07) is 6.43. The maximum Gasteiger partial charge on any atom is 0.0858 e. The second-order valence-electron chi connectivity index (χ2n) is 3.75. The molecule has 0 saturated carbocycles. The molecule has 2 nitrogen and oxygen atoms in total. The van der Waals surface area contributed by atoms with E-state index in [1.54, 1.807) is 0 Å². The highest BCUT2D eigenvalue weighted by Gasteiger charge is 2.39. The van der Waals surface area contributed by atoms with Crippen molar-refractivity contribution in [2.75, 3.05) is 12.4 Å². The topological polar surface area (TPSA) is 21.3 Å². The van der Waals surface area contributed by atoms with Crippen LogP contribution in [0.3, 0.4) is 0 Å². The van der Waals surface area contributed by atoms with Crippen molar-refractivity contribution in [1.29, 1.82) is 0 Å². The highest BCUT2D eigenvalue weighted by atomic mass is 16.5. The van der Waals surface area contributed by atoms with Crippen molar-refractivity contribution in [3.05, 3.63) is 29.3 Å². The van der Waals surface area contributed by atoms with Gasteiger partial charge < -0.3 is 10.1 Å². The predicted molar refractivity (Wildman–Crippen MR) is 51.8 cm³/mol. The number of ether oxygens (including phenoxy) is 1. The molecule has 0 aliphatic carbocycles. The van der Waals surface area contributed by atoms with Crippen LogP contribution in [-0.2, 0) is 4.74 Å². The van der Waals surface area contributed by atoms with Gasteiger partial charge in [0, 0.05) is 18.3 Å². The number of hydrogen-bond acceptors (Lipinski definition) is 2. The molecular weight excluding hydrogens is 162 g/mol. The van der Waals surface area contributed by atoms with Crippen molar-refractivity contribution in [2.24, 2.45) is 0 Å². The van der Waals surface area contributed by atoms with E-state index >= 15 is 0 Å². The molecule has 0 radical (unpaired) electrons. The van der Waals surface area contributed by atoms with Crippen molar-refractivity contribution in [3.8, 4) is 0 Å². The molecule has 1 aromatic carbocycles. The van der Waals surface area contributed by atoms with Crippen LogP contribution in [0.25, 0.3) is 0 Å². The number of hydrogen-bond donors (Lipinski definition) is 1. The molecule has 2 atom stereocenters. The first-order valence-electron chi connectivity index (χ1n) is 4.86. The van der Waals surface area contributed by atoms with E-state index in [9.17, 15) is 0 Å². The quantitative estimate of drug-likeness (QED) is 0.708. The van der Waals surface area contributed by atoms with Gasteiger partial charge in [0.2, 0.25) is 0 Å². The molecule has 2 heteroatoms. The lowest BCUT2D eigenvalue weighted by molar-refractivity contribution is 0.0719. The Morgan fingerprint density at radius 1 is 1.31 bits per heavy atom. The average molecular weight is 175 g/mol. The molecule has 2 unspecified atom stereocenters. The van der Waals surface area contributed by atoms with Crippen molar-refractivity contribution in [3.63, 3.8) is 0 Å². The van der Waals surface area contributed by atoms with Gasteiger partial charge in [-0.1, -0.05) is 12.1 Å². The van der Waals surface area contributed by atoms with Gasteiger partial charge in [-0.3, -0.25) is 0 Å². The minimum atomic E-state index is 0.364. The van der Waals surface area contributed by atoms with Gasteiger partial charge in [-0.2, -0.15) is 0 Å². The van der Waals surface area contributed by atoms with E-state index in [0.717, 1.165) is 0 Å². The standard InChI is InChI=1S/C11H13NO/c1-12-8-4-2-3-7-9-5-6-10(13-9)11(7)8/h2-4,9-10,12H,5-6H2,1H3. The van der Waals surface area contributed by atoms with Crippen LogP contribution >= 0.6 is 0 Å². The Bertz CT molecular complexity index is 348. The van der Waals surface area contributed by atoms with Crippen LogP contribution in [-0.4, -0.2) is 7.05 Å². The van der Waals surface area contributed by atoms with E-state index in [4.69, 9.17) is 4.74 Å². The summed E-state index contributed by atoms with van der Waals surface area (Å²) >= 11 is 0. The summed E-state index contributed by atoms with van der Waals surface area (Å²) in [5.74, 6) is 0. The van der Waals surface area contributed by atoms with E-state index in [1.165, 1.54) is 29.7 Å². The van der Waals surface area contributed by atoms with Crippen LogP contribution in [0.5, 0.6) is 0 Å². The Morgan fingerprint density at radius 2 is 2.15 bits per heavy atom. The molecule has 1 fully saturated rings. The molecule has 0 spiro atoms. The fraction of sp³-hybridized carbons (Fsp3) is 0.455. The highest BCUT2D eigenvalue weighted by molar-refractivity contribution is 5.58. The van der Waals surface area contributed by atoms with Crippen molar-refractivity contribution >= 4 is 5.69 Å². The van der Waals surface area contributed by atoms with E-state index in [0.29, 0.717) is 12.2 Å². The lowest BCUT2D eigenvalue weighted by atomic mass is 9.90. The average Bonchev–Trinajstić information content (AvgIpc) is 2.77. The van der Waals surface area contributed by atoms with Gasteiger partial charge in [-0.25, -0.2) is 0 Å². The molecule has 2 aliphatic rings. The SMILES string of the molecule is CNc1cccc2c1C1CCC2O1. The van der Waals surface area contributed by atoms with Crippen LogP contribution in [0.4, 0.5) is 5.69 Å². The van der Waals surface area contributed by atoms with Crippen LogP contribution in [0, 0.1) is 0 Å². The van der Waals surface area contributed by atoms with Gasteiger partial charge in [0.15, 0.2) is 0 Å². The molecule has 2 aliphatic heterocycles. The minimum absolute atomic E-state index is 0.364. The normalized spacial score (nSPS) is 29.0. The molecule has 1 N–H and O–H groups in total. The third-order valence-electron chi connectivity index (χ3n) is 3.10. The number of nitrogens with one attached hydrogen (secondary N) is 1. The highest BCUT2D eigenvalue weighted by Crippen LogP contribution is 2.52. The third kappa shape index (κ3) is 0.866. The second kappa shape index (κ2) is 2.48. The zero-order chi connectivity index (χ0) is 8.84.